The van der Waals surface area contributed by atoms with Crippen LogP contribution in [0, 0.1) is 5.53 Å². The van der Waals surface area contributed by atoms with Crippen LogP contribution in [0.1, 0.15) is 57.1 Å². The Hall–Kier alpha value is -5.52. The van der Waals surface area contributed by atoms with E-state index in [1.54, 1.807) is 13.8 Å². The molecule has 282 valence electrons. The molecule has 0 aliphatic heterocycles. The standard InChI is InChI=1S/C34H30Cl4N8O8/c1-3-53-26(49)14-41-12-21(44-39)16-5-7-18(24(47)9-16)31(51)23-11-20(35)34(38)46(23)30-28(36)33(37)43-29(30)32(52)19-8-6-17(10-25(19)48)22(45-40)13-42-15-27(50)54-4-2/h5-13,39-43,47-48H,3-4,14-15H2,1-2H3/p+2. The predicted octanol–water partition coefficient (Wildman–Crippen LogP) is 4.41. The van der Waals surface area contributed by atoms with Crippen molar-refractivity contribution in [1.82, 2.24) is 14.9 Å². The summed E-state index contributed by atoms with van der Waals surface area (Å²) in [4.78, 5) is 53.9. The molecule has 0 aliphatic rings. The van der Waals surface area contributed by atoms with E-state index in [1.807, 2.05) is 0 Å². The number of carbonyl (C=O) groups is 4. The molecule has 0 bridgehead atoms. The summed E-state index contributed by atoms with van der Waals surface area (Å²) in [6.45, 7) is 3.49. The second kappa shape index (κ2) is 18.5. The van der Waals surface area contributed by atoms with E-state index < -0.39 is 35.0 Å². The van der Waals surface area contributed by atoms with Crippen molar-refractivity contribution < 1.29 is 49.7 Å². The van der Waals surface area contributed by atoms with Crippen LogP contribution in [0.3, 0.4) is 0 Å². The average Bonchev–Trinajstić information content (AvgIpc) is 3.60. The number of aromatic amines is 1. The van der Waals surface area contributed by atoms with Crippen molar-refractivity contribution in [3.8, 4) is 17.2 Å². The molecule has 2 heterocycles. The summed E-state index contributed by atoms with van der Waals surface area (Å²) < 4.78 is 10.8. The number of halogens is 4. The van der Waals surface area contributed by atoms with E-state index in [9.17, 15) is 29.4 Å². The summed E-state index contributed by atoms with van der Waals surface area (Å²) in [7, 11) is 0. The van der Waals surface area contributed by atoms with Crippen LogP contribution in [0.5, 0.6) is 11.5 Å². The van der Waals surface area contributed by atoms with E-state index in [1.165, 1.54) is 60.2 Å². The number of nitrogens with two attached hydrogens (primary N) is 2. The SMILES string of the molecule is CCOC(=O)CNC=C(N=[NH2+])c1ccc(C(=O)c2cc(Cl)c(Cl)n2-c2c(C(=O)c3ccc(C(=C[NH2+]CC(=O)OCC)N=N)cc3O)[nH]c(Cl)c2Cl)c(O)c1. The highest BCUT2D eigenvalue weighted by molar-refractivity contribution is 6.45. The van der Waals surface area contributed by atoms with Crippen molar-refractivity contribution >= 4 is 81.3 Å². The van der Waals surface area contributed by atoms with Crippen molar-refractivity contribution in [2.75, 3.05) is 26.3 Å². The smallest absolute Gasteiger partial charge is 0.362 e. The number of rotatable bonds is 17. The van der Waals surface area contributed by atoms with Gasteiger partial charge in [0.25, 0.3) is 0 Å². The number of nitrogens with zero attached hydrogens (tertiary/aromatic N) is 3. The van der Waals surface area contributed by atoms with E-state index in [2.05, 4.69) is 20.5 Å². The molecular formula is C34H32Cl4N8O8+2. The topological polar surface area (TPSA) is 251 Å². The van der Waals surface area contributed by atoms with Gasteiger partial charge in [-0.1, -0.05) is 58.5 Å². The Balaban J connectivity index is 1.70. The molecule has 54 heavy (non-hydrogen) atoms. The van der Waals surface area contributed by atoms with Crippen LogP contribution in [0.15, 0.2) is 65.1 Å². The van der Waals surface area contributed by atoms with Crippen LogP contribution in [0.25, 0.3) is 17.1 Å². The quantitative estimate of drug-likeness (QED) is 0.0452. The van der Waals surface area contributed by atoms with Crippen LogP contribution in [-0.4, -0.2) is 69.6 Å². The van der Waals surface area contributed by atoms with Gasteiger partial charge in [0, 0.05) is 17.3 Å². The summed E-state index contributed by atoms with van der Waals surface area (Å²) in [5.74, 6) is -3.65. The second-order valence-corrected chi connectivity index (χ2v) is 12.4. The van der Waals surface area contributed by atoms with Crippen LogP contribution >= 0.6 is 46.4 Å². The lowest BCUT2D eigenvalue weighted by atomic mass is 10.0. The van der Waals surface area contributed by atoms with Crippen LogP contribution in [0.4, 0.5) is 0 Å². The molecule has 9 N–H and O–H groups in total. The maximum Gasteiger partial charge on any atom is 0.362 e. The van der Waals surface area contributed by atoms with Crippen molar-refractivity contribution in [3.05, 3.63) is 109 Å². The van der Waals surface area contributed by atoms with Gasteiger partial charge >= 0.3 is 11.9 Å². The number of aromatic hydroxyl groups is 2. The van der Waals surface area contributed by atoms with Gasteiger partial charge in [-0.25, -0.2) is 10.3 Å². The Morgan fingerprint density at radius 1 is 0.926 bits per heavy atom. The summed E-state index contributed by atoms with van der Waals surface area (Å²) in [6, 6.07) is 9.01. The van der Waals surface area contributed by atoms with E-state index in [4.69, 9.17) is 66.9 Å². The van der Waals surface area contributed by atoms with Gasteiger partial charge in [-0.15, -0.1) is 0 Å². The number of ether oxygens (including phenoxy) is 2. The van der Waals surface area contributed by atoms with Crippen LogP contribution in [0.2, 0.25) is 20.4 Å². The summed E-state index contributed by atoms with van der Waals surface area (Å²) in [6.07, 6.45) is 2.71. The van der Waals surface area contributed by atoms with Gasteiger partial charge < -0.3 is 35.3 Å². The molecule has 0 amide bonds. The Morgan fingerprint density at radius 2 is 1.52 bits per heavy atom. The Labute approximate surface area is 326 Å². The van der Waals surface area contributed by atoms with E-state index >= 15 is 0 Å². The highest BCUT2D eigenvalue weighted by Crippen LogP contribution is 2.41. The molecule has 2 aromatic carbocycles. The molecule has 20 heteroatoms. The first kappa shape index (κ1) is 41.2. The molecule has 0 spiro atoms. The third-order valence-corrected chi connectivity index (χ3v) is 8.95. The first-order chi connectivity index (χ1) is 25.8. The maximum absolute atomic E-state index is 14.0. The van der Waals surface area contributed by atoms with Crippen molar-refractivity contribution in [2.45, 2.75) is 13.8 Å². The number of benzene rings is 2. The second-order valence-electron chi connectivity index (χ2n) is 10.9. The number of ketones is 2. The fraction of sp³-hybridized carbons (Fsp3) is 0.176. The Bertz CT molecular complexity index is 2060. The lowest BCUT2D eigenvalue weighted by molar-refractivity contribution is -0.577. The fourth-order valence-electron chi connectivity index (χ4n) is 5.02. The predicted molar refractivity (Wildman–Crippen MR) is 197 cm³/mol. The molecule has 16 nitrogen and oxygen atoms in total. The maximum atomic E-state index is 14.0. The lowest BCUT2D eigenvalue weighted by Crippen LogP contribution is -2.80. The molecule has 0 aliphatic carbocycles. The molecule has 0 atom stereocenters. The van der Waals surface area contributed by atoms with Gasteiger partial charge in [-0.2, -0.15) is 10.6 Å². The van der Waals surface area contributed by atoms with Gasteiger partial charge in [0.1, 0.15) is 51.0 Å². The molecule has 0 saturated carbocycles. The first-order valence-electron chi connectivity index (χ1n) is 15.7. The molecule has 0 unspecified atom stereocenters. The third kappa shape index (κ3) is 9.15. The first-order valence-corrected chi connectivity index (χ1v) is 17.3. The summed E-state index contributed by atoms with van der Waals surface area (Å²) in [5, 5.41) is 32.3. The zero-order valence-corrected chi connectivity index (χ0v) is 31.4. The minimum Gasteiger partial charge on any atom is -0.507 e. The molecule has 0 fully saturated rings. The minimum atomic E-state index is -0.835. The third-order valence-electron chi connectivity index (χ3n) is 7.45. The van der Waals surface area contributed by atoms with E-state index in [0.29, 0.717) is 0 Å². The number of quaternary nitrogens is 1. The number of phenolic OH excluding ortho intramolecular Hbond substituents is 2. The van der Waals surface area contributed by atoms with Crippen molar-refractivity contribution in [3.63, 3.8) is 0 Å². The van der Waals surface area contributed by atoms with Gasteiger partial charge in [-0.05, 0) is 49.3 Å². The average molecular weight is 822 g/mol. The van der Waals surface area contributed by atoms with Crippen molar-refractivity contribution in [2.24, 2.45) is 10.2 Å². The van der Waals surface area contributed by atoms with E-state index in [-0.39, 0.29) is 97.4 Å². The summed E-state index contributed by atoms with van der Waals surface area (Å²) in [5.41, 5.74) is 12.6. The monoisotopic (exact) mass is 820 g/mol. The zero-order valence-electron chi connectivity index (χ0n) is 28.4. The number of H-pyrrole nitrogens is 1. The van der Waals surface area contributed by atoms with Gasteiger partial charge in [0.15, 0.2) is 12.2 Å². The number of hydrogen-bond acceptors (Lipinski definition) is 12. The Kier molecular flexibility index (Phi) is 14.1. The number of phenols is 2. The largest absolute Gasteiger partial charge is 0.507 e. The highest BCUT2D eigenvalue weighted by Gasteiger charge is 2.31. The molecule has 4 rings (SSSR count). The lowest BCUT2D eigenvalue weighted by Gasteiger charge is -2.13. The fourth-order valence-corrected chi connectivity index (χ4v) is 5.84. The molecule has 2 aromatic heterocycles. The molecular weight excluding hydrogens is 790 g/mol. The zero-order chi connectivity index (χ0) is 39.7. The molecule has 0 radical (unpaired) electrons. The highest BCUT2D eigenvalue weighted by atomic mass is 35.5. The van der Waals surface area contributed by atoms with Crippen LogP contribution in [-0.2, 0) is 19.1 Å². The van der Waals surface area contributed by atoms with Gasteiger partial charge in [-0.3, -0.25) is 19.0 Å². The number of hydrogen-bond donors (Lipinski definition) is 7. The van der Waals surface area contributed by atoms with Crippen LogP contribution < -0.4 is 16.2 Å². The minimum absolute atomic E-state index is 0.0730. The molecule has 4 aromatic rings. The summed E-state index contributed by atoms with van der Waals surface area (Å²) >= 11 is 25.9. The number of carbonyl (C=O) groups excluding carboxylic acids is 4. The number of nitrogens with one attached hydrogen (secondary N) is 3. The van der Waals surface area contributed by atoms with E-state index in [0.717, 1.165) is 4.57 Å². The van der Waals surface area contributed by atoms with Gasteiger partial charge in [0.2, 0.25) is 11.6 Å². The van der Waals surface area contributed by atoms with Gasteiger partial charge in [0.05, 0.1) is 40.7 Å². The Morgan fingerprint density at radius 3 is 2.09 bits per heavy atom. The normalized spacial score (nSPS) is 11.6. The molecule has 0 saturated heterocycles. The number of esters is 2. The number of aromatic nitrogens is 2. The van der Waals surface area contributed by atoms with Crippen molar-refractivity contribution in [1.29, 1.82) is 5.53 Å².